The third-order valence-electron chi connectivity index (χ3n) is 7.97. The van der Waals surface area contributed by atoms with Crippen LogP contribution in [-0.2, 0) is 22.7 Å². The van der Waals surface area contributed by atoms with E-state index in [-0.39, 0.29) is 24.1 Å². The van der Waals surface area contributed by atoms with Gasteiger partial charge in [0.05, 0.1) is 0 Å². The van der Waals surface area contributed by atoms with Crippen LogP contribution in [0, 0.1) is 5.92 Å². The molecule has 0 spiro atoms. The van der Waals surface area contributed by atoms with E-state index in [2.05, 4.69) is 27.7 Å². The van der Waals surface area contributed by atoms with Crippen LogP contribution in [0.3, 0.4) is 0 Å². The summed E-state index contributed by atoms with van der Waals surface area (Å²) in [4.78, 5) is 41.1. The van der Waals surface area contributed by atoms with E-state index in [0.717, 1.165) is 30.1 Å². The molecular weight excluding hydrogens is 380 g/mol. The van der Waals surface area contributed by atoms with E-state index >= 15 is 0 Å². The van der Waals surface area contributed by atoms with Crippen LogP contribution in [0.15, 0.2) is 18.2 Å². The van der Waals surface area contributed by atoms with Gasteiger partial charge >= 0.3 is 0 Å². The second kappa shape index (κ2) is 6.89. The summed E-state index contributed by atoms with van der Waals surface area (Å²) in [5.74, 6) is 0.0874. The standard InChI is InChI=1S/C23H28N4O3/c28-20-8-7-19(22(29)25-20)27-12-14-4-3-13(10-16(14)23(27)30)11-26-9-1-2-15-17-5-6-18(24-17)21(15)26/h3-4,10,15,17-19,21,24H,1-2,5-9,11-12H2,(H,25,28,29). The van der Waals surface area contributed by atoms with Crippen molar-refractivity contribution in [3.05, 3.63) is 34.9 Å². The predicted molar refractivity (Wildman–Crippen MR) is 109 cm³/mol. The number of hydrogen-bond donors (Lipinski definition) is 2. The average Bonchev–Trinajstić information content (AvgIpc) is 3.43. The molecule has 7 heteroatoms. The normalized spacial score (nSPS) is 35.5. The number of fused-ring (bicyclic) bond motifs is 6. The van der Waals surface area contributed by atoms with Crippen molar-refractivity contribution in [2.24, 2.45) is 5.92 Å². The first-order valence-corrected chi connectivity index (χ1v) is 11.3. The van der Waals surface area contributed by atoms with E-state index in [9.17, 15) is 14.4 Å². The second-order valence-electron chi connectivity index (χ2n) is 9.62. The number of nitrogens with one attached hydrogen (secondary N) is 2. The number of rotatable bonds is 3. The van der Waals surface area contributed by atoms with Crippen LogP contribution in [0.25, 0.3) is 0 Å². The van der Waals surface area contributed by atoms with Gasteiger partial charge < -0.3 is 10.2 Å². The van der Waals surface area contributed by atoms with Crippen molar-refractivity contribution in [1.82, 2.24) is 20.4 Å². The third kappa shape index (κ3) is 2.82. The zero-order chi connectivity index (χ0) is 20.4. The Balaban J connectivity index is 1.20. The number of amides is 3. The summed E-state index contributed by atoms with van der Waals surface area (Å²) < 4.78 is 0. The Bertz CT molecular complexity index is 931. The van der Waals surface area contributed by atoms with Crippen LogP contribution in [0.4, 0.5) is 0 Å². The molecule has 158 valence electrons. The molecular formula is C23H28N4O3. The fourth-order valence-electron chi connectivity index (χ4n) is 6.64. The minimum Gasteiger partial charge on any atom is -0.322 e. The minimum atomic E-state index is -0.547. The highest BCUT2D eigenvalue weighted by molar-refractivity contribution is 6.05. The van der Waals surface area contributed by atoms with Crippen LogP contribution in [0.2, 0.25) is 0 Å². The highest BCUT2D eigenvalue weighted by atomic mass is 16.2. The lowest BCUT2D eigenvalue weighted by atomic mass is 9.78. The van der Waals surface area contributed by atoms with Gasteiger partial charge in [-0.3, -0.25) is 24.6 Å². The van der Waals surface area contributed by atoms with E-state index < -0.39 is 6.04 Å². The van der Waals surface area contributed by atoms with Crippen LogP contribution in [-0.4, -0.2) is 58.2 Å². The molecule has 0 saturated carbocycles. The molecule has 1 aromatic rings. The van der Waals surface area contributed by atoms with Gasteiger partial charge in [-0.2, -0.15) is 0 Å². The molecule has 7 nitrogen and oxygen atoms in total. The van der Waals surface area contributed by atoms with Gasteiger partial charge in [-0.15, -0.1) is 0 Å². The van der Waals surface area contributed by atoms with Gasteiger partial charge in [0.25, 0.3) is 5.91 Å². The van der Waals surface area contributed by atoms with E-state index in [1.165, 1.54) is 31.2 Å². The van der Waals surface area contributed by atoms with E-state index in [0.29, 0.717) is 31.1 Å². The number of hydrogen-bond acceptors (Lipinski definition) is 5. The van der Waals surface area contributed by atoms with Crippen LogP contribution in [0.5, 0.6) is 0 Å². The van der Waals surface area contributed by atoms with E-state index in [4.69, 9.17) is 0 Å². The van der Waals surface area contributed by atoms with Gasteiger partial charge in [-0.1, -0.05) is 12.1 Å². The Labute approximate surface area is 176 Å². The second-order valence-corrected chi connectivity index (χ2v) is 9.62. The van der Waals surface area contributed by atoms with Crippen LogP contribution >= 0.6 is 0 Å². The number of carbonyl (C=O) groups excluding carboxylic acids is 3. The molecule has 4 saturated heterocycles. The summed E-state index contributed by atoms with van der Waals surface area (Å²) in [5.41, 5.74) is 2.87. The topological polar surface area (TPSA) is 81.8 Å². The summed E-state index contributed by atoms with van der Waals surface area (Å²) in [6, 6.07) is 7.63. The summed E-state index contributed by atoms with van der Waals surface area (Å²) in [7, 11) is 0. The highest BCUT2D eigenvalue weighted by Gasteiger charge is 2.50. The molecule has 5 unspecified atom stereocenters. The van der Waals surface area contributed by atoms with Crippen molar-refractivity contribution < 1.29 is 14.4 Å². The maximum atomic E-state index is 13.1. The molecule has 1 aromatic carbocycles. The summed E-state index contributed by atoms with van der Waals surface area (Å²) in [5, 5.41) is 6.19. The summed E-state index contributed by atoms with van der Waals surface area (Å²) >= 11 is 0. The lowest BCUT2D eigenvalue weighted by molar-refractivity contribution is -0.136. The lowest BCUT2D eigenvalue weighted by Crippen LogP contribution is -2.52. The zero-order valence-corrected chi connectivity index (χ0v) is 17.1. The van der Waals surface area contributed by atoms with Crippen molar-refractivity contribution >= 4 is 17.7 Å². The quantitative estimate of drug-likeness (QED) is 0.734. The van der Waals surface area contributed by atoms with Crippen molar-refractivity contribution in [2.75, 3.05) is 6.54 Å². The van der Waals surface area contributed by atoms with Crippen molar-refractivity contribution in [2.45, 2.75) is 75.8 Å². The molecule has 5 atom stereocenters. The highest BCUT2D eigenvalue weighted by Crippen LogP contribution is 2.42. The molecule has 2 N–H and O–H groups in total. The maximum absolute atomic E-state index is 13.1. The summed E-state index contributed by atoms with van der Waals surface area (Å²) in [6.45, 7) is 2.45. The molecule has 30 heavy (non-hydrogen) atoms. The van der Waals surface area contributed by atoms with Gasteiger partial charge in [-0.25, -0.2) is 0 Å². The van der Waals surface area contributed by atoms with Gasteiger partial charge in [0.15, 0.2) is 0 Å². The summed E-state index contributed by atoms with van der Waals surface area (Å²) in [6.07, 6.45) is 5.88. The molecule has 0 aliphatic carbocycles. The Morgan fingerprint density at radius 1 is 1.03 bits per heavy atom. The largest absolute Gasteiger partial charge is 0.322 e. The lowest BCUT2D eigenvalue weighted by Gasteiger charge is -2.42. The van der Waals surface area contributed by atoms with E-state index in [1.807, 2.05) is 6.07 Å². The minimum absolute atomic E-state index is 0.0838. The Morgan fingerprint density at radius 3 is 2.77 bits per heavy atom. The Morgan fingerprint density at radius 2 is 1.90 bits per heavy atom. The smallest absolute Gasteiger partial charge is 0.255 e. The molecule has 0 radical (unpaired) electrons. The monoisotopic (exact) mass is 408 g/mol. The number of nitrogens with zero attached hydrogens (tertiary/aromatic N) is 2. The van der Waals surface area contributed by atoms with E-state index in [1.54, 1.807) is 4.90 Å². The fraction of sp³-hybridized carbons (Fsp3) is 0.609. The van der Waals surface area contributed by atoms with Gasteiger partial charge in [0, 0.05) is 43.2 Å². The first-order chi connectivity index (χ1) is 14.6. The molecule has 6 rings (SSSR count). The van der Waals surface area contributed by atoms with Gasteiger partial charge in [-0.05, 0) is 61.8 Å². The number of benzene rings is 1. The van der Waals surface area contributed by atoms with Crippen LogP contribution < -0.4 is 10.6 Å². The Kier molecular flexibility index (Phi) is 4.25. The molecule has 2 bridgehead atoms. The van der Waals surface area contributed by atoms with Crippen molar-refractivity contribution in [3.8, 4) is 0 Å². The SMILES string of the molecule is O=C1CCC(N2Cc3ccc(CN4CCCC5C6CCC(N6)C54)cc3C2=O)C(=O)N1. The third-order valence-corrected chi connectivity index (χ3v) is 7.97. The number of piperidine rings is 2. The van der Waals surface area contributed by atoms with Crippen molar-refractivity contribution in [3.63, 3.8) is 0 Å². The number of likely N-dealkylation sites (tertiary alicyclic amines) is 1. The van der Waals surface area contributed by atoms with Gasteiger partial charge in [0.1, 0.15) is 6.04 Å². The van der Waals surface area contributed by atoms with Crippen molar-refractivity contribution in [1.29, 1.82) is 0 Å². The van der Waals surface area contributed by atoms with Crippen LogP contribution in [0.1, 0.15) is 60.0 Å². The molecule has 4 fully saturated rings. The average molecular weight is 409 g/mol. The molecule has 0 aromatic heterocycles. The maximum Gasteiger partial charge on any atom is 0.255 e. The fourth-order valence-corrected chi connectivity index (χ4v) is 6.64. The first-order valence-electron chi connectivity index (χ1n) is 11.3. The number of imide groups is 1. The molecule has 5 heterocycles. The predicted octanol–water partition coefficient (Wildman–Crippen LogP) is 1.16. The first kappa shape index (κ1) is 18.5. The molecule has 3 amide bonds. The Hall–Kier alpha value is -2.25. The zero-order valence-electron chi connectivity index (χ0n) is 17.1. The molecule has 5 aliphatic heterocycles. The van der Waals surface area contributed by atoms with Gasteiger partial charge in [0.2, 0.25) is 11.8 Å². The molecule has 5 aliphatic rings. The number of carbonyl (C=O) groups is 3.